The van der Waals surface area contributed by atoms with E-state index in [4.69, 9.17) is 9.47 Å². The van der Waals surface area contributed by atoms with E-state index in [0.29, 0.717) is 33.2 Å². The van der Waals surface area contributed by atoms with E-state index in [9.17, 15) is 19.7 Å². The molecule has 35 heavy (non-hydrogen) atoms. The molecule has 0 bridgehead atoms. The molecule has 0 saturated carbocycles. The van der Waals surface area contributed by atoms with Gasteiger partial charge in [-0.15, -0.1) is 11.3 Å². The Morgan fingerprint density at radius 2 is 1.97 bits per heavy atom. The second-order valence-electron chi connectivity index (χ2n) is 7.94. The summed E-state index contributed by atoms with van der Waals surface area (Å²) in [6, 6.07) is 15.4. The van der Waals surface area contributed by atoms with Crippen LogP contribution in [-0.2, 0) is 24.2 Å². The third kappa shape index (κ3) is 5.34. The number of aryl methyl sites for hydroxylation is 1. The summed E-state index contributed by atoms with van der Waals surface area (Å²) in [5.41, 5.74) is 2.36. The molecule has 1 N–H and O–H groups in total. The van der Waals surface area contributed by atoms with E-state index in [1.807, 2.05) is 6.07 Å². The molecule has 0 radical (unpaired) electrons. The number of hydrogen-bond acceptors (Lipinski definition) is 6. The maximum absolute atomic E-state index is 13.9. The first-order valence-corrected chi connectivity index (χ1v) is 11.9. The predicted molar refractivity (Wildman–Crippen MR) is 132 cm³/mol. The van der Waals surface area contributed by atoms with E-state index in [-0.39, 0.29) is 18.0 Å². The summed E-state index contributed by atoms with van der Waals surface area (Å²) in [7, 11) is 1.47. The number of nitriles is 2. The van der Waals surface area contributed by atoms with Gasteiger partial charge >= 0.3 is 0 Å². The number of thiophene rings is 1. The number of methoxy groups -OCH3 is 1. The van der Waals surface area contributed by atoms with Crippen LogP contribution < -0.4 is 14.8 Å². The Kier molecular flexibility index (Phi) is 7.45. The van der Waals surface area contributed by atoms with Crippen LogP contribution in [0.25, 0.3) is 6.08 Å². The van der Waals surface area contributed by atoms with Crippen LogP contribution in [0.15, 0.2) is 48.0 Å². The van der Waals surface area contributed by atoms with E-state index >= 15 is 0 Å². The van der Waals surface area contributed by atoms with Crippen molar-refractivity contribution >= 4 is 28.3 Å². The van der Waals surface area contributed by atoms with Gasteiger partial charge in [0.2, 0.25) is 0 Å². The molecule has 0 fully saturated rings. The number of fused-ring (bicyclic) bond motifs is 1. The highest BCUT2D eigenvalue weighted by Crippen LogP contribution is 2.38. The topological polar surface area (TPSA) is 95.1 Å². The van der Waals surface area contributed by atoms with E-state index in [2.05, 4.69) is 11.4 Å². The van der Waals surface area contributed by atoms with Crippen molar-refractivity contribution in [3.8, 4) is 23.6 Å². The maximum atomic E-state index is 13.9. The maximum Gasteiger partial charge on any atom is 0.266 e. The van der Waals surface area contributed by atoms with Gasteiger partial charge in [0.1, 0.15) is 35.1 Å². The molecule has 0 aliphatic heterocycles. The molecule has 1 aliphatic carbocycles. The average Bonchev–Trinajstić information content (AvgIpc) is 3.23. The lowest BCUT2D eigenvalue weighted by molar-refractivity contribution is -0.112. The summed E-state index contributed by atoms with van der Waals surface area (Å²) in [6.07, 6.45) is 5.26. The zero-order valence-electron chi connectivity index (χ0n) is 19.1. The van der Waals surface area contributed by atoms with Gasteiger partial charge in [-0.25, -0.2) is 4.39 Å². The summed E-state index contributed by atoms with van der Waals surface area (Å²) in [4.78, 5) is 14.0. The van der Waals surface area contributed by atoms with Gasteiger partial charge in [-0.1, -0.05) is 24.3 Å². The molecule has 3 aromatic rings. The first kappa shape index (κ1) is 24.0. The highest BCUT2D eigenvalue weighted by molar-refractivity contribution is 7.16. The van der Waals surface area contributed by atoms with E-state index in [1.54, 1.807) is 36.4 Å². The Labute approximate surface area is 206 Å². The van der Waals surface area contributed by atoms with Crippen molar-refractivity contribution in [2.75, 3.05) is 12.4 Å². The number of benzene rings is 2. The number of ether oxygens (including phenoxy) is 2. The number of carbonyl (C=O) groups excluding carboxylic acids is 1. The van der Waals surface area contributed by atoms with Crippen molar-refractivity contribution in [2.24, 2.45) is 0 Å². The molecule has 0 saturated heterocycles. The van der Waals surface area contributed by atoms with Gasteiger partial charge in [-0.2, -0.15) is 10.5 Å². The molecule has 4 rings (SSSR count). The van der Waals surface area contributed by atoms with Gasteiger partial charge in [0.15, 0.2) is 11.5 Å². The molecule has 1 aliphatic rings. The lowest BCUT2D eigenvalue weighted by atomic mass is 9.96. The highest BCUT2D eigenvalue weighted by atomic mass is 32.1. The van der Waals surface area contributed by atoms with Crippen LogP contribution in [-0.4, -0.2) is 13.0 Å². The molecule has 0 spiro atoms. The molecule has 6 nitrogen and oxygen atoms in total. The Hall–Kier alpha value is -4.14. The minimum atomic E-state index is -0.582. The zero-order valence-corrected chi connectivity index (χ0v) is 19.9. The minimum Gasteiger partial charge on any atom is -0.493 e. The standard InChI is InChI=1S/C27H22FN3O3S/c1-33-24-13-17(10-11-23(24)34-16-18-6-2-4-8-22(18)28)12-19(14-29)26(32)31-27-21(15-30)20-7-3-5-9-25(20)35-27/h2,4,6,8,10-13H,3,5,7,9,16H2,1H3,(H,31,32)/b19-12+. The van der Waals surface area contributed by atoms with Crippen molar-refractivity contribution in [1.29, 1.82) is 10.5 Å². The lowest BCUT2D eigenvalue weighted by Gasteiger charge is -2.12. The van der Waals surface area contributed by atoms with Crippen LogP contribution in [0, 0.1) is 28.5 Å². The van der Waals surface area contributed by atoms with Gasteiger partial charge in [-0.05, 0) is 61.1 Å². The lowest BCUT2D eigenvalue weighted by Crippen LogP contribution is -2.13. The van der Waals surface area contributed by atoms with Crippen LogP contribution >= 0.6 is 11.3 Å². The Morgan fingerprint density at radius 3 is 2.71 bits per heavy atom. The average molecular weight is 488 g/mol. The summed E-state index contributed by atoms with van der Waals surface area (Å²) in [5, 5.41) is 22.4. The Bertz CT molecular complexity index is 1380. The number of carbonyl (C=O) groups is 1. The van der Waals surface area contributed by atoms with Crippen LogP contribution in [0.1, 0.15) is 40.0 Å². The summed E-state index contributed by atoms with van der Waals surface area (Å²) in [6.45, 7) is 0.0239. The van der Waals surface area contributed by atoms with Gasteiger partial charge in [0.25, 0.3) is 5.91 Å². The van der Waals surface area contributed by atoms with Crippen molar-refractivity contribution in [3.63, 3.8) is 0 Å². The summed E-state index contributed by atoms with van der Waals surface area (Å²) in [5.74, 6) is -0.160. The molecule has 0 unspecified atom stereocenters. The molecule has 176 valence electrons. The SMILES string of the molecule is COc1cc(/C=C(\C#N)C(=O)Nc2sc3c(c2C#N)CCCC3)ccc1OCc1ccccc1F. The minimum absolute atomic E-state index is 0.0239. The van der Waals surface area contributed by atoms with Crippen LogP contribution in [0.2, 0.25) is 0 Å². The van der Waals surface area contributed by atoms with Crippen molar-refractivity contribution in [3.05, 3.63) is 81.0 Å². The first-order chi connectivity index (χ1) is 17.0. The number of nitrogens with one attached hydrogen (secondary N) is 1. The van der Waals surface area contributed by atoms with Crippen molar-refractivity contribution in [2.45, 2.75) is 32.3 Å². The number of nitrogens with zero attached hydrogens (tertiary/aromatic N) is 2. The molecular formula is C27H22FN3O3S. The fourth-order valence-corrected chi connectivity index (χ4v) is 5.16. The summed E-state index contributed by atoms with van der Waals surface area (Å²) >= 11 is 1.41. The predicted octanol–water partition coefficient (Wildman–Crippen LogP) is 5.77. The second kappa shape index (κ2) is 10.9. The van der Waals surface area contributed by atoms with Gasteiger partial charge < -0.3 is 14.8 Å². The van der Waals surface area contributed by atoms with E-state index < -0.39 is 5.91 Å². The van der Waals surface area contributed by atoms with Crippen molar-refractivity contribution in [1.82, 2.24) is 0 Å². The zero-order chi connectivity index (χ0) is 24.8. The number of anilines is 1. The van der Waals surface area contributed by atoms with Crippen LogP contribution in [0.4, 0.5) is 9.39 Å². The Morgan fingerprint density at radius 1 is 1.17 bits per heavy atom. The molecule has 1 aromatic heterocycles. The third-order valence-corrected chi connectivity index (χ3v) is 6.92. The highest BCUT2D eigenvalue weighted by Gasteiger charge is 2.22. The number of amides is 1. The Balaban J connectivity index is 1.52. The van der Waals surface area contributed by atoms with Crippen LogP contribution in [0.5, 0.6) is 11.5 Å². The van der Waals surface area contributed by atoms with E-state index in [1.165, 1.54) is 30.6 Å². The van der Waals surface area contributed by atoms with Crippen molar-refractivity contribution < 1.29 is 18.7 Å². The first-order valence-electron chi connectivity index (χ1n) is 11.1. The molecule has 8 heteroatoms. The normalized spacial score (nSPS) is 12.7. The molecular weight excluding hydrogens is 465 g/mol. The molecule has 1 amide bonds. The van der Waals surface area contributed by atoms with Gasteiger partial charge in [0, 0.05) is 10.4 Å². The fourth-order valence-electron chi connectivity index (χ4n) is 3.92. The van der Waals surface area contributed by atoms with Gasteiger partial charge in [0.05, 0.1) is 12.7 Å². The monoisotopic (exact) mass is 487 g/mol. The van der Waals surface area contributed by atoms with E-state index in [0.717, 1.165) is 36.1 Å². The molecule has 2 aromatic carbocycles. The quantitative estimate of drug-likeness (QED) is 0.337. The summed E-state index contributed by atoms with van der Waals surface area (Å²) < 4.78 is 25.0. The second-order valence-corrected chi connectivity index (χ2v) is 9.05. The number of hydrogen-bond donors (Lipinski definition) is 1. The third-order valence-electron chi connectivity index (χ3n) is 5.71. The number of halogens is 1. The fraction of sp³-hybridized carbons (Fsp3) is 0.222. The molecule has 1 heterocycles. The van der Waals surface area contributed by atoms with Crippen LogP contribution in [0.3, 0.4) is 0 Å². The van der Waals surface area contributed by atoms with Gasteiger partial charge in [-0.3, -0.25) is 4.79 Å². The molecule has 0 atom stereocenters. The largest absolute Gasteiger partial charge is 0.493 e. The smallest absolute Gasteiger partial charge is 0.266 e. The number of rotatable bonds is 7.